The number of benzene rings is 1. The first-order valence-electron chi connectivity index (χ1n) is 6.57. The Kier molecular flexibility index (Phi) is 5.70. The molecule has 18 heavy (non-hydrogen) atoms. The highest BCUT2D eigenvalue weighted by Crippen LogP contribution is 2.22. The Labute approximate surface area is 111 Å². The second-order valence-electron chi connectivity index (χ2n) is 5.16. The summed E-state index contributed by atoms with van der Waals surface area (Å²) in [5, 5.41) is 9.92. The molecule has 1 aromatic rings. The Bertz CT molecular complexity index is 449. The smallest absolute Gasteiger partial charge is 0.121 e. The summed E-state index contributed by atoms with van der Waals surface area (Å²) in [6, 6.07) is 5.92. The zero-order valence-electron chi connectivity index (χ0n) is 12.0. The fourth-order valence-corrected chi connectivity index (χ4v) is 1.86. The molecule has 0 spiro atoms. The Morgan fingerprint density at radius 3 is 2.56 bits per heavy atom. The van der Waals surface area contributed by atoms with Crippen molar-refractivity contribution in [2.75, 3.05) is 0 Å². The van der Waals surface area contributed by atoms with Crippen LogP contribution in [0.15, 0.2) is 41.5 Å². The van der Waals surface area contributed by atoms with Crippen LogP contribution in [0, 0.1) is 6.92 Å². The molecule has 0 radical (unpaired) electrons. The highest BCUT2D eigenvalue weighted by molar-refractivity contribution is 5.40. The van der Waals surface area contributed by atoms with Crippen LogP contribution >= 0.6 is 0 Å². The molecule has 0 aliphatic rings. The number of rotatable bonds is 5. The molecule has 1 rings (SSSR count). The van der Waals surface area contributed by atoms with Crippen molar-refractivity contribution in [1.82, 2.24) is 0 Å². The van der Waals surface area contributed by atoms with Crippen molar-refractivity contribution >= 4 is 0 Å². The van der Waals surface area contributed by atoms with Gasteiger partial charge >= 0.3 is 0 Å². The van der Waals surface area contributed by atoms with Gasteiger partial charge in [0.2, 0.25) is 0 Å². The van der Waals surface area contributed by atoms with Gasteiger partial charge in [0, 0.05) is 0 Å². The van der Waals surface area contributed by atoms with E-state index in [1.807, 2.05) is 25.1 Å². The van der Waals surface area contributed by atoms with Gasteiger partial charge in [-0.1, -0.05) is 41.5 Å². The molecule has 0 fully saturated rings. The first kappa shape index (κ1) is 14.6. The zero-order chi connectivity index (χ0) is 13.5. The van der Waals surface area contributed by atoms with Crippen molar-refractivity contribution in [1.29, 1.82) is 0 Å². The molecule has 0 aliphatic heterocycles. The van der Waals surface area contributed by atoms with Crippen LogP contribution in [0.5, 0.6) is 5.75 Å². The summed E-state index contributed by atoms with van der Waals surface area (Å²) in [6.45, 7) is 8.35. The van der Waals surface area contributed by atoms with Crippen LogP contribution in [0.4, 0.5) is 0 Å². The molecular weight excluding hydrogens is 220 g/mol. The molecule has 0 atom stereocenters. The van der Waals surface area contributed by atoms with Crippen LogP contribution in [-0.4, -0.2) is 5.11 Å². The van der Waals surface area contributed by atoms with Crippen molar-refractivity contribution in [3.05, 3.63) is 52.6 Å². The Morgan fingerprint density at radius 2 is 1.89 bits per heavy atom. The van der Waals surface area contributed by atoms with E-state index in [1.165, 1.54) is 11.1 Å². The van der Waals surface area contributed by atoms with Crippen molar-refractivity contribution in [3.8, 4) is 5.75 Å². The van der Waals surface area contributed by atoms with Crippen molar-refractivity contribution in [3.63, 3.8) is 0 Å². The monoisotopic (exact) mass is 244 g/mol. The first-order valence-corrected chi connectivity index (χ1v) is 6.57. The molecule has 0 saturated carbocycles. The van der Waals surface area contributed by atoms with Gasteiger partial charge < -0.3 is 5.11 Å². The van der Waals surface area contributed by atoms with E-state index in [0.29, 0.717) is 5.75 Å². The van der Waals surface area contributed by atoms with E-state index in [9.17, 15) is 5.11 Å². The number of phenols is 1. The molecule has 0 aliphatic carbocycles. The molecule has 1 heteroatoms. The van der Waals surface area contributed by atoms with Gasteiger partial charge in [0.15, 0.2) is 0 Å². The van der Waals surface area contributed by atoms with Crippen molar-refractivity contribution < 1.29 is 5.11 Å². The topological polar surface area (TPSA) is 20.2 Å². The van der Waals surface area contributed by atoms with Gasteiger partial charge in [-0.05, 0) is 58.1 Å². The molecule has 0 unspecified atom stereocenters. The largest absolute Gasteiger partial charge is 0.507 e. The average molecular weight is 244 g/mol. The van der Waals surface area contributed by atoms with Gasteiger partial charge in [0.1, 0.15) is 5.75 Å². The van der Waals surface area contributed by atoms with Crippen LogP contribution < -0.4 is 0 Å². The standard InChI is InChI=1S/C17H24O/c1-13(2)7-5-8-14(3)11-12-16-10-6-9-15(4)17(16)18/h6-7,9-11,18H,5,8,12H2,1-4H3. The number of hydrogen-bond acceptors (Lipinski definition) is 1. The normalized spacial score (nSPS) is 11.4. The van der Waals surface area contributed by atoms with Gasteiger partial charge in [-0.25, -0.2) is 0 Å². The van der Waals surface area contributed by atoms with E-state index in [-0.39, 0.29) is 0 Å². The molecule has 0 heterocycles. The number of para-hydroxylation sites is 1. The lowest BCUT2D eigenvalue weighted by Gasteiger charge is -2.05. The summed E-state index contributed by atoms with van der Waals surface area (Å²) in [5.74, 6) is 0.436. The summed E-state index contributed by atoms with van der Waals surface area (Å²) in [6.07, 6.45) is 7.49. The lowest BCUT2D eigenvalue weighted by molar-refractivity contribution is 0.465. The minimum absolute atomic E-state index is 0.436. The van der Waals surface area contributed by atoms with Crippen LogP contribution in [0.2, 0.25) is 0 Å². The molecule has 0 aromatic heterocycles. The number of hydrogen-bond donors (Lipinski definition) is 1. The van der Waals surface area contributed by atoms with Gasteiger partial charge in [0.05, 0.1) is 0 Å². The fraction of sp³-hybridized carbons (Fsp3) is 0.412. The van der Waals surface area contributed by atoms with E-state index in [1.54, 1.807) is 0 Å². The van der Waals surface area contributed by atoms with Gasteiger partial charge in [-0.2, -0.15) is 0 Å². The van der Waals surface area contributed by atoms with Crippen molar-refractivity contribution in [2.24, 2.45) is 0 Å². The van der Waals surface area contributed by atoms with E-state index >= 15 is 0 Å². The predicted molar refractivity (Wildman–Crippen MR) is 79.0 cm³/mol. The van der Waals surface area contributed by atoms with Gasteiger partial charge in [0.25, 0.3) is 0 Å². The lowest BCUT2D eigenvalue weighted by Crippen LogP contribution is -1.87. The summed E-state index contributed by atoms with van der Waals surface area (Å²) in [4.78, 5) is 0. The number of allylic oxidation sites excluding steroid dienone is 4. The molecular formula is C17H24O. The van der Waals surface area contributed by atoms with E-state index in [2.05, 4.69) is 32.9 Å². The Balaban J connectivity index is 2.57. The van der Waals surface area contributed by atoms with Crippen LogP contribution in [0.25, 0.3) is 0 Å². The second-order valence-corrected chi connectivity index (χ2v) is 5.16. The Morgan fingerprint density at radius 1 is 1.17 bits per heavy atom. The molecule has 1 N–H and O–H groups in total. The summed E-state index contributed by atoms with van der Waals surface area (Å²) < 4.78 is 0. The third-order valence-corrected chi connectivity index (χ3v) is 3.08. The fourth-order valence-electron chi connectivity index (χ4n) is 1.86. The molecule has 0 amide bonds. The minimum atomic E-state index is 0.436. The lowest BCUT2D eigenvalue weighted by atomic mass is 10.0. The van der Waals surface area contributed by atoms with Gasteiger partial charge in [-0.15, -0.1) is 0 Å². The third-order valence-electron chi connectivity index (χ3n) is 3.08. The third kappa shape index (κ3) is 4.79. The highest BCUT2D eigenvalue weighted by atomic mass is 16.3. The molecule has 1 aromatic carbocycles. The summed E-state index contributed by atoms with van der Waals surface area (Å²) in [5.41, 5.74) is 4.71. The maximum Gasteiger partial charge on any atom is 0.121 e. The Hall–Kier alpha value is -1.50. The second kappa shape index (κ2) is 7.05. The highest BCUT2D eigenvalue weighted by Gasteiger charge is 2.01. The van der Waals surface area contributed by atoms with Crippen LogP contribution in [0.3, 0.4) is 0 Å². The van der Waals surface area contributed by atoms with Crippen LogP contribution in [-0.2, 0) is 6.42 Å². The predicted octanol–water partition coefficient (Wildman–Crippen LogP) is 4.94. The van der Waals surface area contributed by atoms with Gasteiger partial charge in [-0.3, -0.25) is 0 Å². The minimum Gasteiger partial charge on any atom is -0.507 e. The van der Waals surface area contributed by atoms with Crippen molar-refractivity contribution in [2.45, 2.75) is 47.0 Å². The molecule has 0 bridgehead atoms. The number of phenolic OH excluding ortho intramolecular Hbond substituents is 1. The summed E-state index contributed by atoms with van der Waals surface area (Å²) >= 11 is 0. The summed E-state index contributed by atoms with van der Waals surface area (Å²) in [7, 11) is 0. The van der Waals surface area contributed by atoms with E-state index in [0.717, 1.165) is 30.4 Å². The molecule has 1 nitrogen and oxygen atoms in total. The van der Waals surface area contributed by atoms with Crippen LogP contribution in [0.1, 0.15) is 44.7 Å². The quantitative estimate of drug-likeness (QED) is 0.728. The maximum atomic E-state index is 9.92. The maximum absolute atomic E-state index is 9.92. The average Bonchev–Trinajstić information content (AvgIpc) is 2.30. The molecule has 98 valence electrons. The molecule has 0 saturated heterocycles. The first-order chi connectivity index (χ1) is 8.50. The van der Waals surface area contributed by atoms with E-state index in [4.69, 9.17) is 0 Å². The zero-order valence-corrected chi connectivity index (χ0v) is 12.0. The number of aryl methyl sites for hydroxylation is 1. The number of aromatic hydroxyl groups is 1. The SMILES string of the molecule is CC(C)=CCCC(C)=CCc1cccc(C)c1O. The van der Waals surface area contributed by atoms with E-state index < -0.39 is 0 Å².